The number of hydrogen-bond donors (Lipinski definition) is 1. The predicted molar refractivity (Wildman–Crippen MR) is 135 cm³/mol. The topological polar surface area (TPSA) is 71.1 Å². The lowest BCUT2D eigenvalue weighted by atomic mass is 9.99. The van der Waals surface area contributed by atoms with Gasteiger partial charge in [-0.15, -0.1) is 0 Å². The summed E-state index contributed by atoms with van der Waals surface area (Å²) in [4.78, 5) is 29.2. The summed E-state index contributed by atoms with van der Waals surface area (Å²) in [6.07, 6.45) is 1.31. The number of rotatable bonds is 6. The summed E-state index contributed by atoms with van der Waals surface area (Å²) in [5.74, 6) is 1.42. The normalized spacial score (nSPS) is 16.4. The maximum Gasteiger partial charge on any atom is 0.414 e. The number of piperidine rings is 1. The Morgan fingerprint density at radius 3 is 2.43 bits per heavy atom. The van der Waals surface area contributed by atoms with E-state index in [1.54, 1.807) is 0 Å². The number of amides is 2. The molecular weight excluding hydrogens is 442 g/mol. The number of nitrogens with zero attached hydrogens (tertiary/aromatic N) is 2. The number of likely N-dealkylation sites (tertiary alicyclic amines) is 1. The Kier molecular flexibility index (Phi) is 6.68. The van der Waals surface area contributed by atoms with E-state index in [9.17, 15) is 9.59 Å². The van der Waals surface area contributed by atoms with E-state index in [2.05, 4.69) is 10.2 Å². The van der Waals surface area contributed by atoms with Gasteiger partial charge in [0.05, 0.1) is 12.2 Å². The highest BCUT2D eigenvalue weighted by atomic mass is 16.6. The number of ether oxygens (including phenoxy) is 2. The molecule has 0 saturated carbocycles. The van der Waals surface area contributed by atoms with Gasteiger partial charge in [0.15, 0.2) is 0 Å². The van der Waals surface area contributed by atoms with Crippen molar-refractivity contribution in [1.82, 2.24) is 4.90 Å². The minimum absolute atomic E-state index is 0.0567. The second kappa shape index (κ2) is 10.2. The monoisotopic (exact) mass is 471 g/mol. The molecule has 0 bridgehead atoms. The number of carbonyl (C=O) groups excluding carboxylic acids is 2. The Balaban J connectivity index is 1.13. The molecule has 1 N–H and O–H groups in total. The lowest BCUT2D eigenvalue weighted by Gasteiger charge is -2.40. The smallest absolute Gasteiger partial charge is 0.414 e. The molecule has 1 fully saturated rings. The molecule has 180 valence electrons. The third-order valence-corrected chi connectivity index (χ3v) is 6.52. The number of para-hydroxylation sites is 2. The molecular formula is C28H29N3O4. The molecule has 0 aliphatic carbocycles. The van der Waals surface area contributed by atoms with Crippen LogP contribution in [0.4, 0.5) is 16.2 Å². The van der Waals surface area contributed by atoms with Crippen molar-refractivity contribution in [3.8, 4) is 11.5 Å². The van der Waals surface area contributed by atoms with Crippen molar-refractivity contribution in [2.75, 3.05) is 29.9 Å². The average molecular weight is 472 g/mol. The quantitative estimate of drug-likeness (QED) is 0.525. The number of benzene rings is 3. The first-order valence-corrected chi connectivity index (χ1v) is 12.0. The number of fused-ring (bicyclic) bond motifs is 1. The molecule has 0 atom stereocenters. The third kappa shape index (κ3) is 5.30. The standard InChI is InChI=1S/C28H29N3O4/c1-20-6-5-7-21-19-34-28(33)31(27(20)21)23-14-16-30(17-15-23)18-26(32)29-22-10-12-25(13-11-22)35-24-8-3-2-4-9-24/h2-13,23H,14-19H2,1H3,(H,29,32). The molecule has 35 heavy (non-hydrogen) atoms. The van der Waals surface area contributed by atoms with Gasteiger partial charge in [-0.25, -0.2) is 4.79 Å². The van der Waals surface area contributed by atoms with Gasteiger partial charge in [-0.3, -0.25) is 14.6 Å². The van der Waals surface area contributed by atoms with Gasteiger partial charge >= 0.3 is 6.09 Å². The van der Waals surface area contributed by atoms with Crippen LogP contribution >= 0.6 is 0 Å². The largest absolute Gasteiger partial charge is 0.457 e. The molecule has 7 heteroatoms. The van der Waals surface area contributed by atoms with Crippen molar-refractivity contribution >= 4 is 23.4 Å². The fourth-order valence-electron chi connectivity index (χ4n) is 4.78. The van der Waals surface area contributed by atoms with Crippen LogP contribution < -0.4 is 15.0 Å². The summed E-state index contributed by atoms with van der Waals surface area (Å²) in [6, 6.07) is 23.0. The van der Waals surface area contributed by atoms with Crippen molar-refractivity contribution in [3.63, 3.8) is 0 Å². The van der Waals surface area contributed by atoms with E-state index in [1.165, 1.54) is 0 Å². The fourth-order valence-corrected chi connectivity index (χ4v) is 4.78. The summed E-state index contributed by atoms with van der Waals surface area (Å²) in [5.41, 5.74) is 3.85. The zero-order valence-electron chi connectivity index (χ0n) is 19.8. The molecule has 2 heterocycles. The highest BCUT2D eigenvalue weighted by molar-refractivity contribution is 5.93. The first-order valence-electron chi connectivity index (χ1n) is 12.0. The Morgan fingerprint density at radius 2 is 1.69 bits per heavy atom. The van der Waals surface area contributed by atoms with E-state index in [4.69, 9.17) is 9.47 Å². The molecule has 3 aromatic carbocycles. The second-order valence-electron chi connectivity index (χ2n) is 9.00. The lowest BCUT2D eigenvalue weighted by Crippen LogP contribution is -2.50. The number of nitrogens with one attached hydrogen (secondary N) is 1. The van der Waals surface area contributed by atoms with Crippen LogP contribution in [0.25, 0.3) is 0 Å². The van der Waals surface area contributed by atoms with E-state index in [0.29, 0.717) is 18.9 Å². The molecule has 0 unspecified atom stereocenters. The average Bonchev–Trinajstić information content (AvgIpc) is 2.87. The highest BCUT2D eigenvalue weighted by Crippen LogP contribution is 2.34. The van der Waals surface area contributed by atoms with Gasteiger partial charge in [-0.2, -0.15) is 0 Å². The van der Waals surface area contributed by atoms with E-state index in [0.717, 1.165) is 54.2 Å². The SMILES string of the molecule is Cc1cccc2c1N(C1CCN(CC(=O)Nc3ccc(Oc4ccccc4)cc3)CC1)C(=O)OC2. The Hall–Kier alpha value is -3.84. The summed E-state index contributed by atoms with van der Waals surface area (Å²) in [7, 11) is 0. The molecule has 2 aliphatic heterocycles. The van der Waals surface area contributed by atoms with Crippen LogP contribution in [0.15, 0.2) is 72.8 Å². The van der Waals surface area contributed by atoms with E-state index >= 15 is 0 Å². The number of aryl methyl sites for hydroxylation is 1. The van der Waals surface area contributed by atoms with Crippen LogP contribution in [0, 0.1) is 6.92 Å². The summed E-state index contributed by atoms with van der Waals surface area (Å²) in [6.45, 7) is 4.16. The van der Waals surface area contributed by atoms with Gasteiger partial charge in [-0.1, -0.05) is 36.4 Å². The fraction of sp³-hybridized carbons (Fsp3) is 0.286. The molecule has 2 aliphatic rings. The molecule has 2 amide bonds. The minimum Gasteiger partial charge on any atom is -0.457 e. The zero-order chi connectivity index (χ0) is 24.2. The maximum atomic E-state index is 12.6. The summed E-state index contributed by atoms with van der Waals surface area (Å²) < 4.78 is 11.2. The maximum absolute atomic E-state index is 12.6. The van der Waals surface area contributed by atoms with Gasteiger partial charge in [0.25, 0.3) is 0 Å². The van der Waals surface area contributed by atoms with Gasteiger partial charge in [-0.05, 0) is 61.7 Å². The van der Waals surface area contributed by atoms with Crippen LogP contribution in [-0.4, -0.2) is 42.6 Å². The van der Waals surface area contributed by atoms with E-state index < -0.39 is 0 Å². The number of carbonyl (C=O) groups is 2. The third-order valence-electron chi connectivity index (χ3n) is 6.52. The summed E-state index contributed by atoms with van der Waals surface area (Å²) >= 11 is 0. The van der Waals surface area contributed by atoms with Crippen LogP contribution in [0.5, 0.6) is 11.5 Å². The van der Waals surface area contributed by atoms with Crippen molar-refractivity contribution < 1.29 is 19.1 Å². The van der Waals surface area contributed by atoms with Crippen molar-refractivity contribution in [2.24, 2.45) is 0 Å². The van der Waals surface area contributed by atoms with Crippen molar-refractivity contribution in [1.29, 1.82) is 0 Å². The second-order valence-corrected chi connectivity index (χ2v) is 9.00. The zero-order valence-corrected chi connectivity index (χ0v) is 19.8. The predicted octanol–water partition coefficient (Wildman–Crippen LogP) is 5.35. The highest BCUT2D eigenvalue weighted by Gasteiger charge is 2.35. The van der Waals surface area contributed by atoms with Gasteiger partial charge < -0.3 is 14.8 Å². The lowest BCUT2D eigenvalue weighted by molar-refractivity contribution is -0.117. The molecule has 0 spiro atoms. The first kappa shape index (κ1) is 22.9. The first-order chi connectivity index (χ1) is 17.1. The van der Waals surface area contributed by atoms with Gasteiger partial charge in [0.2, 0.25) is 5.91 Å². The molecule has 0 radical (unpaired) electrons. The van der Waals surface area contributed by atoms with Crippen molar-refractivity contribution in [2.45, 2.75) is 32.4 Å². The minimum atomic E-state index is -0.275. The molecule has 5 rings (SSSR count). The van der Waals surface area contributed by atoms with E-state index in [1.807, 2.05) is 84.6 Å². The van der Waals surface area contributed by atoms with Gasteiger partial charge in [0.1, 0.15) is 18.1 Å². The molecule has 0 aromatic heterocycles. The Bertz CT molecular complexity index is 1190. The van der Waals surface area contributed by atoms with Crippen LogP contribution in [-0.2, 0) is 16.1 Å². The van der Waals surface area contributed by atoms with Crippen molar-refractivity contribution in [3.05, 3.63) is 83.9 Å². The number of cyclic esters (lactones) is 1. The summed E-state index contributed by atoms with van der Waals surface area (Å²) in [5, 5.41) is 2.96. The molecule has 7 nitrogen and oxygen atoms in total. The Labute approximate surface area is 205 Å². The molecule has 1 saturated heterocycles. The number of anilines is 2. The van der Waals surface area contributed by atoms with Crippen LogP contribution in [0.3, 0.4) is 0 Å². The van der Waals surface area contributed by atoms with Crippen LogP contribution in [0.1, 0.15) is 24.0 Å². The van der Waals surface area contributed by atoms with Crippen LogP contribution in [0.2, 0.25) is 0 Å². The Morgan fingerprint density at radius 1 is 0.971 bits per heavy atom. The number of hydrogen-bond acceptors (Lipinski definition) is 5. The van der Waals surface area contributed by atoms with E-state index in [-0.39, 0.29) is 18.0 Å². The van der Waals surface area contributed by atoms with Gasteiger partial charge in [0, 0.05) is 30.4 Å². The molecule has 3 aromatic rings.